The monoisotopic (exact) mass is 267 g/mol. The molecule has 1 aliphatic rings. The van der Waals surface area contributed by atoms with E-state index in [1.807, 2.05) is 0 Å². The minimum atomic E-state index is -0.770. The first-order valence-electron chi connectivity index (χ1n) is 6.29. The molecule has 2 N–H and O–H groups in total. The van der Waals surface area contributed by atoms with Crippen LogP contribution in [0.5, 0.6) is 0 Å². The van der Waals surface area contributed by atoms with E-state index < -0.39 is 5.97 Å². The van der Waals surface area contributed by atoms with Crippen molar-refractivity contribution >= 4 is 12.0 Å². The quantitative estimate of drug-likeness (QED) is 0.850. The van der Waals surface area contributed by atoms with Gasteiger partial charge in [-0.05, 0) is 18.8 Å². The van der Waals surface area contributed by atoms with Crippen molar-refractivity contribution in [2.45, 2.75) is 25.8 Å². The van der Waals surface area contributed by atoms with Crippen LogP contribution in [-0.2, 0) is 11.3 Å². The summed E-state index contributed by atoms with van der Waals surface area (Å²) < 4.78 is 4.67. The number of carboxylic acids is 1. The first-order valence-corrected chi connectivity index (χ1v) is 6.29. The summed E-state index contributed by atoms with van der Waals surface area (Å²) in [7, 11) is 0. The normalized spacial score (nSPS) is 16.3. The van der Waals surface area contributed by atoms with Crippen LogP contribution in [0.25, 0.3) is 0 Å². The lowest BCUT2D eigenvalue weighted by molar-refractivity contribution is -0.138. The van der Waals surface area contributed by atoms with Crippen LogP contribution < -0.4 is 5.32 Å². The molecule has 2 rings (SSSR count). The first kappa shape index (κ1) is 13.4. The van der Waals surface area contributed by atoms with Gasteiger partial charge < -0.3 is 19.8 Å². The Morgan fingerprint density at radius 2 is 2.21 bits per heavy atom. The number of urea groups is 1. The molecule has 7 heteroatoms. The van der Waals surface area contributed by atoms with E-state index in [0.717, 1.165) is 12.8 Å². The van der Waals surface area contributed by atoms with E-state index in [1.165, 1.54) is 6.26 Å². The second kappa shape index (κ2) is 6.21. The van der Waals surface area contributed by atoms with Crippen molar-refractivity contribution in [2.75, 3.05) is 13.1 Å². The molecule has 1 aromatic rings. The summed E-state index contributed by atoms with van der Waals surface area (Å²) in [5.41, 5.74) is 0.675. The lowest BCUT2D eigenvalue weighted by Gasteiger charge is -2.31. The Bertz CT molecular complexity index is 424. The van der Waals surface area contributed by atoms with E-state index in [-0.39, 0.29) is 18.4 Å². The van der Waals surface area contributed by atoms with Crippen molar-refractivity contribution in [3.63, 3.8) is 0 Å². The number of carboxylic acid groups (broad SMARTS) is 1. The largest absolute Gasteiger partial charge is 0.481 e. The number of nitrogens with one attached hydrogen (secondary N) is 1. The summed E-state index contributed by atoms with van der Waals surface area (Å²) in [6, 6.07) is 1.55. The maximum atomic E-state index is 11.9. The van der Waals surface area contributed by atoms with Crippen LogP contribution in [0, 0.1) is 5.92 Å². The SMILES string of the molecule is O=C(O)CC1CCN(C(=O)NCc2ccon2)CC1. The molecule has 19 heavy (non-hydrogen) atoms. The average molecular weight is 267 g/mol. The molecule has 0 unspecified atom stereocenters. The molecule has 1 aromatic heterocycles. The Morgan fingerprint density at radius 3 is 2.79 bits per heavy atom. The van der Waals surface area contributed by atoms with Gasteiger partial charge in [-0.25, -0.2) is 4.79 Å². The Kier molecular flexibility index (Phi) is 4.38. The summed E-state index contributed by atoms with van der Waals surface area (Å²) in [5.74, 6) is -0.592. The molecule has 0 bridgehead atoms. The van der Waals surface area contributed by atoms with E-state index in [0.29, 0.717) is 25.3 Å². The maximum Gasteiger partial charge on any atom is 0.317 e. The van der Waals surface area contributed by atoms with Crippen LogP contribution in [0.2, 0.25) is 0 Å². The molecule has 0 radical (unpaired) electrons. The van der Waals surface area contributed by atoms with Gasteiger partial charge in [-0.2, -0.15) is 0 Å². The molecule has 0 atom stereocenters. The van der Waals surface area contributed by atoms with Crippen molar-refractivity contribution in [2.24, 2.45) is 5.92 Å². The van der Waals surface area contributed by atoms with Gasteiger partial charge in [0.15, 0.2) is 0 Å². The number of hydrogen-bond donors (Lipinski definition) is 2. The van der Waals surface area contributed by atoms with E-state index in [2.05, 4.69) is 15.0 Å². The third-order valence-corrected chi connectivity index (χ3v) is 3.28. The molecule has 0 spiro atoms. The Morgan fingerprint density at radius 1 is 1.47 bits per heavy atom. The summed E-state index contributed by atoms with van der Waals surface area (Å²) in [5, 5.41) is 15.2. The van der Waals surface area contributed by atoms with Crippen molar-refractivity contribution in [1.29, 1.82) is 0 Å². The van der Waals surface area contributed by atoms with E-state index in [9.17, 15) is 9.59 Å². The van der Waals surface area contributed by atoms with E-state index in [4.69, 9.17) is 5.11 Å². The van der Waals surface area contributed by atoms with Crippen molar-refractivity contribution in [3.05, 3.63) is 18.0 Å². The summed E-state index contributed by atoms with van der Waals surface area (Å²) in [4.78, 5) is 24.2. The minimum Gasteiger partial charge on any atom is -0.481 e. The Balaban J connectivity index is 1.71. The van der Waals surface area contributed by atoms with Crippen molar-refractivity contribution in [1.82, 2.24) is 15.4 Å². The zero-order chi connectivity index (χ0) is 13.7. The van der Waals surface area contributed by atoms with Gasteiger partial charge in [0.2, 0.25) is 0 Å². The number of carbonyl (C=O) groups excluding carboxylic acids is 1. The zero-order valence-electron chi connectivity index (χ0n) is 10.5. The first-order chi connectivity index (χ1) is 9.15. The summed E-state index contributed by atoms with van der Waals surface area (Å²) in [6.45, 7) is 1.54. The molecule has 0 aliphatic carbocycles. The van der Waals surface area contributed by atoms with Crippen LogP contribution >= 0.6 is 0 Å². The average Bonchev–Trinajstić information content (AvgIpc) is 2.89. The third kappa shape index (κ3) is 3.97. The van der Waals surface area contributed by atoms with Crippen LogP contribution in [0.3, 0.4) is 0 Å². The number of likely N-dealkylation sites (tertiary alicyclic amines) is 1. The Labute approximate surface area is 110 Å². The highest BCUT2D eigenvalue weighted by molar-refractivity contribution is 5.74. The number of aliphatic carboxylic acids is 1. The van der Waals surface area contributed by atoms with Crippen LogP contribution in [-0.4, -0.2) is 40.3 Å². The number of amides is 2. The topological polar surface area (TPSA) is 95.7 Å². The van der Waals surface area contributed by atoms with Gasteiger partial charge in [-0.15, -0.1) is 0 Å². The van der Waals surface area contributed by atoms with Gasteiger partial charge in [0.25, 0.3) is 0 Å². The van der Waals surface area contributed by atoms with Gasteiger partial charge in [0.1, 0.15) is 12.0 Å². The van der Waals surface area contributed by atoms with Crippen LogP contribution in [0.1, 0.15) is 25.0 Å². The molecule has 0 saturated carbocycles. The third-order valence-electron chi connectivity index (χ3n) is 3.28. The Hall–Kier alpha value is -2.05. The highest BCUT2D eigenvalue weighted by Gasteiger charge is 2.24. The lowest BCUT2D eigenvalue weighted by atomic mass is 9.94. The second-order valence-corrected chi connectivity index (χ2v) is 4.68. The zero-order valence-corrected chi connectivity index (χ0v) is 10.5. The standard InChI is InChI=1S/C12H17N3O4/c16-11(17)7-9-1-4-15(5-2-9)12(18)13-8-10-3-6-19-14-10/h3,6,9H,1-2,4-5,7-8H2,(H,13,18)(H,16,17). The van der Waals surface area contributed by atoms with Gasteiger partial charge in [0, 0.05) is 25.6 Å². The van der Waals surface area contributed by atoms with Gasteiger partial charge >= 0.3 is 12.0 Å². The molecule has 2 amide bonds. The smallest absolute Gasteiger partial charge is 0.317 e. The summed E-state index contributed by atoms with van der Waals surface area (Å²) in [6.07, 6.45) is 3.13. The summed E-state index contributed by atoms with van der Waals surface area (Å²) >= 11 is 0. The highest BCUT2D eigenvalue weighted by Crippen LogP contribution is 2.20. The maximum absolute atomic E-state index is 11.9. The fourth-order valence-corrected chi connectivity index (χ4v) is 2.19. The minimum absolute atomic E-state index is 0.142. The number of piperidine rings is 1. The van der Waals surface area contributed by atoms with Crippen molar-refractivity contribution in [3.8, 4) is 0 Å². The second-order valence-electron chi connectivity index (χ2n) is 4.68. The molecule has 2 heterocycles. The van der Waals surface area contributed by atoms with Crippen LogP contribution in [0.4, 0.5) is 4.79 Å². The molecule has 7 nitrogen and oxygen atoms in total. The fourth-order valence-electron chi connectivity index (χ4n) is 2.19. The number of carbonyl (C=O) groups is 2. The molecule has 104 valence electrons. The van der Waals surface area contributed by atoms with Gasteiger partial charge in [-0.3, -0.25) is 4.79 Å². The number of rotatable bonds is 4. The number of aromatic nitrogens is 1. The molecule has 1 saturated heterocycles. The highest BCUT2D eigenvalue weighted by atomic mass is 16.5. The molecule has 0 aromatic carbocycles. The molecular formula is C12H17N3O4. The number of nitrogens with zero attached hydrogens (tertiary/aromatic N) is 2. The van der Waals surface area contributed by atoms with Crippen LogP contribution in [0.15, 0.2) is 16.9 Å². The number of hydrogen-bond acceptors (Lipinski definition) is 4. The van der Waals surface area contributed by atoms with E-state index in [1.54, 1.807) is 11.0 Å². The lowest BCUT2D eigenvalue weighted by Crippen LogP contribution is -2.44. The van der Waals surface area contributed by atoms with Gasteiger partial charge in [-0.1, -0.05) is 5.16 Å². The molecular weight excluding hydrogens is 250 g/mol. The predicted octanol–water partition coefficient (Wildman–Crippen LogP) is 1.07. The van der Waals surface area contributed by atoms with Crippen molar-refractivity contribution < 1.29 is 19.2 Å². The fraction of sp³-hybridized carbons (Fsp3) is 0.583. The predicted molar refractivity (Wildman–Crippen MR) is 65.3 cm³/mol. The molecule has 1 aliphatic heterocycles. The molecule has 1 fully saturated rings. The van der Waals surface area contributed by atoms with Gasteiger partial charge in [0.05, 0.1) is 6.54 Å². The van der Waals surface area contributed by atoms with E-state index >= 15 is 0 Å².